The molecule has 8 heteroatoms. The van der Waals surface area contributed by atoms with Crippen molar-refractivity contribution >= 4 is 29.0 Å². The fraction of sp³-hybridized carbons (Fsp3) is 0.194. The third-order valence-corrected chi connectivity index (χ3v) is 7.00. The minimum absolute atomic E-state index is 0.140. The van der Waals surface area contributed by atoms with Crippen LogP contribution in [0.1, 0.15) is 27.9 Å². The lowest BCUT2D eigenvalue weighted by Crippen LogP contribution is -2.33. The van der Waals surface area contributed by atoms with Gasteiger partial charge in [0.2, 0.25) is 5.91 Å². The maximum atomic E-state index is 13.2. The van der Waals surface area contributed by atoms with Gasteiger partial charge in [0.05, 0.1) is 26.5 Å². The van der Waals surface area contributed by atoms with Gasteiger partial charge in [-0.2, -0.15) is 0 Å². The van der Waals surface area contributed by atoms with Gasteiger partial charge in [-0.1, -0.05) is 73.3 Å². The molecule has 0 aliphatic heterocycles. The summed E-state index contributed by atoms with van der Waals surface area (Å²) in [5.41, 5.74) is 3.13. The van der Waals surface area contributed by atoms with Crippen LogP contribution in [0, 0.1) is 0 Å². The second-order valence-corrected chi connectivity index (χ2v) is 9.88. The second-order valence-electron chi connectivity index (χ2n) is 9.88. The van der Waals surface area contributed by atoms with Crippen molar-refractivity contribution in [2.75, 3.05) is 37.6 Å². The Kier molecular flexibility index (Phi) is 11.3. The van der Waals surface area contributed by atoms with Gasteiger partial charge in [0.25, 0.3) is 0 Å². The van der Waals surface area contributed by atoms with E-state index in [1.54, 1.807) is 48.4 Å². The molecule has 4 aromatic carbocycles. The smallest absolute Gasteiger partial charge is 0.328 e. The number of para-hydroxylation sites is 3. The highest BCUT2D eigenvalue weighted by Crippen LogP contribution is 2.28. The molecule has 1 N–H and O–H groups in total. The van der Waals surface area contributed by atoms with Crippen LogP contribution in [0.15, 0.2) is 116 Å². The largest absolute Gasteiger partial charge is 0.495 e. The van der Waals surface area contributed by atoms with E-state index < -0.39 is 12.0 Å². The summed E-state index contributed by atoms with van der Waals surface area (Å²) in [6.07, 6.45) is 2.19. The molecule has 0 radical (unpaired) electrons. The molecule has 0 heterocycles. The molecule has 226 valence electrons. The number of ether oxygens (including phenoxy) is 3. The Morgan fingerprint density at radius 2 is 1.55 bits per heavy atom. The van der Waals surface area contributed by atoms with Gasteiger partial charge in [-0.25, -0.2) is 4.79 Å². The van der Waals surface area contributed by atoms with Crippen molar-refractivity contribution in [3.63, 3.8) is 0 Å². The third kappa shape index (κ3) is 8.13. The SMILES string of the molecule is C=CC(=O)N(CCCOc1ccc(C[C@H](Nc2ccccc2C(=O)c2ccccc2)C(=O)OC)cc1)c1ccccc1OC. The maximum absolute atomic E-state index is 13.2. The molecule has 0 saturated carbocycles. The van der Waals surface area contributed by atoms with E-state index in [1.807, 2.05) is 66.7 Å². The predicted octanol–water partition coefficient (Wildman–Crippen LogP) is 6.11. The van der Waals surface area contributed by atoms with E-state index in [1.165, 1.54) is 13.2 Å². The van der Waals surface area contributed by atoms with Crippen molar-refractivity contribution in [1.82, 2.24) is 0 Å². The molecule has 8 nitrogen and oxygen atoms in total. The standard InChI is InChI=1S/C36H36N2O6/c1-4-34(39)38(32-17-10-11-18-33(32)42-2)23-12-24-44-28-21-19-26(20-22-28)25-31(36(41)43-3)37-30-16-9-8-15-29(30)35(40)27-13-6-5-7-14-27/h4-11,13-22,31,37H,1,12,23-25H2,2-3H3/t31-/m0/s1. The van der Waals surface area contributed by atoms with Crippen LogP contribution >= 0.6 is 0 Å². The summed E-state index contributed by atoms with van der Waals surface area (Å²) >= 11 is 0. The highest BCUT2D eigenvalue weighted by molar-refractivity contribution is 6.12. The summed E-state index contributed by atoms with van der Waals surface area (Å²) in [7, 11) is 2.91. The van der Waals surface area contributed by atoms with E-state index in [-0.39, 0.29) is 11.7 Å². The first-order chi connectivity index (χ1) is 21.4. The molecule has 0 saturated heterocycles. The molecule has 44 heavy (non-hydrogen) atoms. The Bertz CT molecular complexity index is 1570. The lowest BCUT2D eigenvalue weighted by Gasteiger charge is -2.23. The molecule has 4 aromatic rings. The van der Waals surface area contributed by atoms with Crippen molar-refractivity contribution < 1.29 is 28.6 Å². The summed E-state index contributed by atoms with van der Waals surface area (Å²) in [5, 5.41) is 3.23. The van der Waals surface area contributed by atoms with Crippen molar-refractivity contribution in [2.45, 2.75) is 18.9 Å². The lowest BCUT2D eigenvalue weighted by atomic mass is 10.00. The summed E-state index contributed by atoms with van der Waals surface area (Å²) in [5.74, 6) is 0.457. The quantitative estimate of drug-likeness (QED) is 0.0770. The topological polar surface area (TPSA) is 94.2 Å². The first-order valence-electron chi connectivity index (χ1n) is 14.3. The molecule has 0 spiro atoms. The summed E-state index contributed by atoms with van der Waals surface area (Å²) in [6, 6.07) is 30.2. The molecule has 0 aliphatic carbocycles. The zero-order valence-corrected chi connectivity index (χ0v) is 24.9. The Morgan fingerprint density at radius 3 is 2.25 bits per heavy atom. The van der Waals surface area contributed by atoms with Gasteiger partial charge in [-0.05, 0) is 54.5 Å². The Labute approximate surface area is 257 Å². The fourth-order valence-corrected chi connectivity index (χ4v) is 4.76. The Morgan fingerprint density at radius 1 is 0.864 bits per heavy atom. The normalized spacial score (nSPS) is 11.1. The van der Waals surface area contributed by atoms with E-state index >= 15 is 0 Å². The fourth-order valence-electron chi connectivity index (χ4n) is 4.76. The highest BCUT2D eigenvalue weighted by atomic mass is 16.5. The molecule has 0 aromatic heterocycles. The van der Waals surface area contributed by atoms with Crippen LogP contribution < -0.4 is 19.7 Å². The van der Waals surface area contributed by atoms with Crippen LogP contribution in [0.25, 0.3) is 0 Å². The monoisotopic (exact) mass is 592 g/mol. The molecule has 0 bridgehead atoms. The first kappa shape index (κ1) is 31.6. The average Bonchev–Trinajstić information content (AvgIpc) is 3.08. The number of benzene rings is 4. The number of anilines is 2. The number of hydrogen-bond acceptors (Lipinski definition) is 7. The molecule has 0 aliphatic rings. The van der Waals surface area contributed by atoms with Crippen LogP contribution in [-0.4, -0.2) is 51.1 Å². The van der Waals surface area contributed by atoms with Gasteiger partial charge in [-0.3, -0.25) is 9.59 Å². The van der Waals surface area contributed by atoms with Crippen molar-refractivity contribution in [2.24, 2.45) is 0 Å². The van der Waals surface area contributed by atoms with Gasteiger partial charge < -0.3 is 24.4 Å². The van der Waals surface area contributed by atoms with Crippen LogP contribution in [0.5, 0.6) is 11.5 Å². The number of carbonyl (C=O) groups is 3. The van der Waals surface area contributed by atoms with Crippen LogP contribution in [-0.2, 0) is 20.7 Å². The third-order valence-electron chi connectivity index (χ3n) is 7.00. The van der Waals surface area contributed by atoms with Gasteiger partial charge in [0.15, 0.2) is 5.78 Å². The van der Waals surface area contributed by atoms with Crippen molar-refractivity contribution in [1.29, 1.82) is 0 Å². The highest BCUT2D eigenvalue weighted by Gasteiger charge is 2.23. The average molecular weight is 593 g/mol. The zero-order chi connectivity index (χ0) is 31.3. The van der Waals surface area contributed by atoms with Gasteiger partial charge >= 0.3 is 5.97 Å². The minimum Gasteiger partial charge on any atom is -0.495 e. The lowest BCUT2D eigenvalue weighted by molar-refractivity contribution is -0.141. The Hall–Kier alpha value is -5.37. The number of amides is 1. The van der Waals surface area contributed by atoms with Crippen molar-refractivity contribution in [3.05, 3.63) is 132 Å². The number of ketones is 1. The molecule has 0 fully saturated rings. The Balaban J connectivity index is 1.37. The summed E-state index contributed by atoms with van der Waals surface area (Å²) in [4.78, 5) is 40.1. The van der Waals surface area contributed by atoms with Gasteiger partial charge in [-0.15, -0.1) is 0 Å². The number of nitrogens with zero attached hydrogens (tertiary/aromatic N) is 1. The van der Waals surface area contributed by atoms with Crippen LogP contribution in [0.2, 0.25) is 0 Å². The minimum atomic E-state index is -0.722. The molecule has 4 rings (SSSR count). The first-order valence-corrected chi connectivity index (χ1v) is 14.3. The van der Waals surface area contributed by atoms with Gasteiger partial charge in [0, 0.05) is 29.8 Å². The van der Waals surface area contributed by atoms with E-state index in [0.717, 1.165) is 5.56 Å². The molecule has 1 atom stereocenters. The number of rotatable bonds is 15. The summed E-state index contributed by atoms with van der Waals surface area (Å²) < 4.78 is 16.4. The number of carbonyl (C=O) groups excluding carboxylic acids is 3. The molecular formula is C36H36N2O6. The van der Waals surface area contributed by atoms with E-state index in [9.17, 15) is 14.4 Å². The number of esters is 1. The summed E-state index contributed by atoms with van der Waals surface area (Å²) in [6.45, 7) is 4.42. The van der Waals surface area contributed by atoms with E-state index in [0.29, 0.717) is 60.0 Å². The maximum Gasteiger partial charge on any atom is 0.328 e. The number of methoxy groups -OCH3 is 2. The molecule has 0 unspecified atom stereocenters. The second kappa shape index (κ2) is 15.7. The number of hydrogen-bond donors (Lipinski definition) is 1. The zero-order valence-electron chi connectivity index (χ0n) is 24.9. The van der Waals surface area contributed by atoms with Crippen molar-refractivity contribution in [3.8, 4) is 11.5 Å². The van der Waals surface area contributed by atoms with E-state index in [2.05, 4.69) is 11.9 Å². The van der Waals surface area contributed by atoms with E-state index in [4.69, 9.17) is 14.2 Å². The molecular weight excluding hydrogens is 556 g/mol. The molecule has 1 amide bonds. The van der Waals surface area contributed by atoms with Crippen LogP contribution in [0.4, 0.5) is 11.4 Å². The van der Waals surface area contributed by atoms with Gasteiger partial charge in [0.1, 0.15) is 17.5 Å². The predicted molar refractivity (Wildman–Crippen MR) is 172 cm³/mol. The van der Waals surface area contributed by atoms with Crippen LogP contribution in [0.3, 0.4) is 0 Å². The number of nitrogens with one attached hydrogen (secondary N) is 1.